The lowest BCUT2D eigenvalue weighted by Gasteiger charge is -2.46. The van der Waals surface area contributed by atoms with Gasteiger partial charge in [0.15, 0.2) is 0 Å². The molecule has 1 aliphatic rings. The van der Waals surface area contributed by atoms with Crippen molar-refractivity contribution in [1.82, 2.24) is 9.97 Å². The van der Waals surface area contributed by atoms with Crippen LogP contribution in [0, 0.1) is 6.92 Å². The fourth-order valence-electron chi connectivity index (χ4n) is 2.22. The van der Waals surface area contributed by atoms with E-state index in [1.807, 2.05) is 4.90 Å². The van der Waals surface area contributed by atoms with Gasteiger partial charge in [-0.2, -0.15) is 0 Å². The highest BCUT2D eigenvalue weighted by molar-refractivity contribution is 5.90. The van der Waals surface area contributed by atoms with Crippen molar-refractivity contribution in [3.8, 4) is 0 Å². The van der Waals surface area contributed by atoms with E-state index in [1.54, 1.807) is 19.9 Å². The minimum atomic E-state index is -0.737. The SMILES string of the molecule is C=CCC1(O)CN(c2ncc(C(=O)OCC)c(C)n2)C1. The van der Waals surface area contributed by atoms with E-state index in [0.29, 0.717) is 43.3 Å². The Morgan fingerprint density at radius 3 is 2.90 bits per heavy atom. The number of anilines is 1. The molecule has 0 aliphatic carbocycles. The van der Waals surface area contributed by atoms with Crippen LogP contribution in [-0.2, 0) is 4.74 Å². The van der Waals surface area contributed by atoms with Crippen molar-refractivity contribution < 1.29 is 14.6 Å². The molecule has 0 radical (unpaired) electrons. The molecule has 0 unspecified atom stereocenters. The Labute approximate surface area is 118 Å². The summed E-state index contributed by atoms with van der Waals surface area (Å²) in [5.41, 5.74) is 0.212. The highest BCUT2D eigenvalue weighted by atomic mass is 16.5. The molecule has 1 aromatic rings. The van der Waals surface area contributed by atoms with Crippen LogP contribution in [0.15, 0.2) is 18.9 Å². The average Bonchev–Trinajstić information content (AvgIpc) is 2.36. The van der Waals surface area contributed by atoms with Gasteiger partial charge >= 0.3 is 5.97 Å². The molecule has 1 N–H and O–H groups in total. The van der Waals surface area contributed by atoms with E-state index in [0.717, 1.165) is 0 Å². The quantitative estimate of drug-likeness (QED) is 0.641. The summed E-state index contributed by atoms with van der Waals surface area (Å²) >= 11 is 0. The maximum absolute atomic E-state index is 11.7. The zero-order valence-electron chi connectivity index (χ0n) is 11.8. The number of aryl methyl sites for hydroxylation is 1. The normalized spacial score (nSPS) is 16.4. The number of aliphatic hydroxyl groups is 1. The van der Waals surface area contributed by atoms with Gasteiger partial charge in [-0.25, -0.2) is 14.8 Å². The Kier molecular flexibility index (Phi) is 4.04. The van der Waals surface area contributed by atoms with Gasteiger partial charge in [0.25, 0.3) is 0 Å². The molecule has 1 saturated heterocycles. The standard InChI is InChI=1S/C14H19N3O3/c1-4-6-14(19)8-17(9-14)13-15-7-11(10(3)16-13)12(18)20-5-2/h4,7,19H,1,5-6,8-9H2,2-3H3. The van der Waals surface area contributed by atoms with Crippen molar-refractivity contribution in [2.75, 3.05) is 24.6 Å². The zero-order valence-corrected chi connectivity index (χ0v) is 11.8. The molecule has 1 aliphatic heterocycles. The molecule has 6 nitrogen and oxygen atoms in total. The Balaban J connectivity index is 2.07. The van der Waals surface area contributed by atoms with Gasteiger partial charge in [0.2, 0.25) is 5.95 Å². The number of aromatic nitrogens is 2. The first-order valence-corrected chi connectivity index (χ1v) is 6.58. The van der Waals surface area contributed by atoms with Crippen LogP contribution in [0.5, 0.6) is 0 Å². The van der Waals surface area contributed by atoms with Gasteiger partial charge in [-0.3, -0.25) is 0 Å². The van der Waals surface area contributed by atoms with Crippen molar-refractivity contribution in [2.45, 2.75) is 25.9 Å². The largest absolute Gasteiger partial charge is 0.462 e. The van der Waals surface area contributed by atoms with E-state index < -0.39 is 11.6 Å². The van der Waals surface area contributed by atoms with Crippen LogP contribution in [0.25, 0.3) is 0 Å². The first kappa shape index (κ1) is 14.5. The van der Waals surface area contributed by atoms with Crippen LogP contribution in [0.2, 0.25) is 0 Å². The molecule has 6 heteroatoms. The van der Waals surface area contributed by atoms with Crippen LogP contribution in [0.1, 0.15) is 29.4 Å². The highest BCUT2D eigenvalue weighted by Crippen LogP contribution is 2.28. The van der Waals surface area contributed by atoms with Crippen LogP contribution >= 0.6 is 0 Å². The van der Waals surface area contributed by atoms with E-state index in [9.17, 15) is 9.90 Å². The third kappa shape index (κ3) is 2.80. The molecule has 0 spiro atoms. The third-order valence-corrected chi connectivity index (χ3v) is 3.24. The zero-order chi connectivity index (χ0) is 14.8. The van der Waals surface area contributed by atoms with Crippen molar-refractivity contribution in [2.24, 2.45) is 0 Å². The van der Waals surface area contributed by atoms with Crippen LogP contribution in [0.4, 0.5) is 5.95 Å². The molecule has 0 aromatic carbocycles. The van der Waals surface area contributed by atoms with Crippen molar-refractivity contribution >= 4 is 11.9 Å². The summed E-state index contributed by atoms with van der Waals surface area (Å²) in [5.74, 6) is 0.104. The van der Waals surface area contributed by atoms with E-state index in [-0.39, 0.29) is 0 Å². The van der Waals surface area contributed by atoms with E-state index >= 15 is 0 Å². The number of nitrogens with zero attached hydrogens (tertiary/aromatic N) is 3. The Morgan fingerprint density at radius 1 is 1.65 bits per heavy atom. The molecule has 1 fully saturated rings. The van der Waals surface area contributed by atoms with E-state index in [4.69, 9.17) is 4.74 Å². The number of β-amino-alcohol motifs (C(OH)–C–C–N with tert-alkyl or cyclic N) is 1. The molecule has 0 amide bonds. The molecule has 2 rings (SSSR count). The summed E-state index contributed by atoms with van der Waals surface area (Å²) in [6, 6.07) is 0. The monoisotopic (exact) mass is 277 g/mol. The summed E-state index contributed by atoms with van der Waals surface area (Å²) in [7, 11) is 0. The van der Waals surface area contributed by atoms with Crippen LogP contribution in [0.3, 0.4) is 0 Å². The number of carbonyl (C=O) groups is 1. The molecule has 1 aromatic heterocycles. The average molecular weight is 277 g/mol. The molecule has 108 valence electrons. The molecule has 0 atom stereocenters. The topological polar surface area (TPSA) is 75.5 Å². The minimum Gasteiger partial charge on any atom is -0.462 e. The molecule has 2 heterocycles. The van der Waals surface area contributed by atoms with Crippen molar-refractivity contribution in [1.29, 1.82) is 0 Å². The van der Waals surface area contributed by atoms with Crippen LogP contribution in [-0.4, -0.2) is 46.3 Å². The van der Waals surface area contributed by atoms with Crippen molar-refractivity contribution in [3.63, 3.8) is 0 Å². The summed E-state index contributed by atoms with van der Waals surface area (Å²) in [4.78, 5) is 22.0. The van der Waals surface area contributed by atoms with Gasteiger partial charge in [-0.05, 0) is 20.3 Å². The summed E-state index contributed by atoms with van der Waals surface area (Å²) < 4.78 is 4.93. The highest BCUT2D eigenvalue weighted by Gasteiger charge is 2.41. The maximum atomic E-state index is 11.7. The van der Waals surface area contributed by atoms with E-state index in [2.05, 4.69) is 16.5 Å². The number of carbonyl (C=O) groups excluding carboxylic acids is 1. The number of hydrogen-bond donors (Lipinski definition) is 1. The Bertz CT molecular complexity index is 524. The first-order chi connectivity index (χ1) is 9.49. The second-order valence-corrected chi connectivity index (χ2v) is 4.96. The summed E-state index contributed by atoms with van der Waals surface area (Å²) in [5, 5.41) is 10.1. The predicted octanol–water partition coefficient (Wildman–Crippen LogP) is 1.09. The lowest BCUT2D eigenvalue weighted by molar-refractivity contribution is 0.0140. The second kappa shape index (κ2) is 5.58. The van der Waals surface area contributed by atoms with Gasteiger partial charge in [0.05, 0.1) is 31.0 Å². The van der Waals surface area contributed by atoms with E-state index in [1.165, 1.54) is 6.20 Å². The van der Waals surface area contributed by atoms with Gasteiger partial charge in [0, 0.05) is 6.20 Å². The smallest absolute Gasteiger partial charge is 0.341 e. The Morgan fingerprint density at radius 2 is 2.35 bits per heavy atom. The first-order valence-electron chi connectivity index (χ1n) is 6.58. The fourth-order valence-corrected chi connectivity index (χ4v) is 2.22. The summed E-state index contributed by atoms with van der Waals surface area (Å²) in [6.07, 6.45) is 3.72. The number of esters is 1. The van der Waals surface area contributed by atoms with Crippen molar-refractivity contribution in [3.05, 3.63) is 30.1 Å². The number of rotatable bonds is 5. The predicted molar refractivity (Wildman–Crippen MR) is 74.7 cm³/mol. The molecular weight excluding hydrogens is 258 g/mol. The lowest BCUT2D eigenvalue weighted by Crippen LogP contribution is -2.62. The van der Waals surface area contributed by atoms with Gasteiger partial charge in [0.1, 0.15) is 5.60 Å². The summed E-state index contributed by atoms with van der Waals surface area (Å²) in [6.45, 7) is 8.38. The number of hydrogen-bond acceptors (Lipinski definition) is 6. The molecule has 0 saturated carbocycles. The molecule has 0 bridgehead atoms. The maximum Gasteiger partial charge on any atom is 0.341 e. The second-order valence-electron chi connectivity index (χ2n) is 4.96. The lowest BCUT2D eigenvalue weighted by atomic mass is 9.91. The fraction of sp³-hybridized carbons (Fsp3) is 0.500. The minimum absolute atomic E-state index is 0.320. The van der Waals surface area contributed by atoms with Crippen LogP contribution < -0.4 is 4.90 Å². The van der Waals surface area contributed by atoms with Gasteiger partial charge < -0.3 is 14.7 Å². The molecular formula is C14H19N3O3. The third-order valence-electron chi connectivity index (χ3n) is 3.24. The van der Waals surface area contributed by atoms with Gasteiger partial charge in [-0.1, -0.05) is 6.08 Å². The number of ether oxygens (including phenoxy) is 1. The van der Waals surface area contributed by atoms with Gasteiger partial charge in [-0.15, -0.1) is 6.58 Å². The Hall–Kier alpha value is -1.95. The molecule has 20 heavy (non-hydrogen) atoms.